The summed E-state index contributed by atoms with van der Waals surface area (Å²) in [5.41, 5.74) is 1.70. The van der Waals surface area contributed by atoms with E-state index in [0.717, 1.165) is 17.9 Å². The molecule has 5 heteroatoms. The van der Waals surface area contributed by atoms with Crippen molar-refractivity contribution in [2.45, 2.75) is 54.0 Å². The Morgan fingerprint density at radius 2 is 1.81 bits per heavy atom. The van der Waals surface area contributed by atoms with Crippen molar-refractivity contribution < 1.29 is 14.7 Å². The molecule has 0 saturated heterocycles. The molecule has 0 aliphatic carbocycles. The molecule has 0 fully saturated rings. The number of aromatic nitrogens is 1. The zero-order valence-corrected chi connectivity index (χ0v) is 13.6. The standard InChI is InChI=1S/C16H26N2O3/c1-6-16(7-2,15(20)21)10-17-14(19)13-9-11(4)18(8-3)12(13)5/h9H,6-8,10H2,1-5H3,(H,17,19)(H,20,21). The van der Waals surface area contributed by atoms with Gasteiger partial charge in [0.15, 0.2) is 0 Å². The molecule has 1 aromatic rings. The maximum atomic E-state index is 12.3. The maximum Gasteiger partial charge on any atom is 0.311 e. The van der Waals surface area contributed by atoms with Crippen LogP contribution in [0.1, 0.15) is 55.4 Å². The minimum Gasteiger partial charge on any atom is -0.481 e. The Hall–Kier alpha value is -1.78. The van der Waals surface area contributed by atoms with Gasteiger partial charge in [-0.05, 0) is 39.7 Å². The van der Waals surface area contributed by atoms with Gasteiger partial charge in [0, 0.05) is 24.5 Å². The fraction of sp³-hybridized carbons (Fsp3) is 0.625. The van der Waals surface area contributed by atoms with Gasteiger partial charge in [-0.25, -0.2) is 0 Å². The maximum absolute atomic E-state index is 12.3. The lowest BCUT2D eigenvalue weighted by Crippen LogP contribution is -2.42. The van der Waals surface area contributed by atoms with Crippen LogP contribution in [-0.2, 0) is 11.3 Å². The first-order valence-electron chi connectivity index (χ1n) is 7.51. The monoisotopic (exact) mass is 294 g/mol. The van der Waals surface area contributed by atoms with Gasteiger partial charge in [-0.1, -0.05) is 13.8 Å². The third-order valence-electron chi connectivity index (χ3n) is 4.53. The molecule has 0 radical (unpaired) electrons. The molecule has 21 heavy (non-hydrogen) atoms. The van der Waals surface area contributed by atoms with Crippen LogP contribution in [0.25, 0.3) is 0 Å². The lowest BCUT2D eigenvalue weighted by atomic mass is 9.82. The first-order chi connectivity index (χ1) is 9.82. The van der Waals surface area contributed by atoms with E-state index in [4.69, 9.17) is 0 Å². The highest BCUT2D eigenvalue weighted by Crippen LogP contribution is 2.26. The predicted octanol–water partition coefficient (Wildman–Crippen LogP) is 2.75. The zero-order valence-electron chi connectivity index (χ0n) is 13.6. The zero-order chi connectivity index (χ0) is 16.2. The molecule has 0 aliphatic heterocycles. The average Bonchev–Trinajstić information content (AvgIpc) is 2.74. The first kappa shape index (κ1) is 17.3. The molecule has 1 heterocycles. The van der Waals surface area contributed by atoms with Crippen LogP contribution in [0.2, 0.25) is 0 Å². The van der Waals surface area contributed by atoms with E-state index in [2.05, 4.69) is 9.88 Å². The third-order valence-corrected chi connectivity index (χ3v) is 4.53. The van der Waals surface area contributed by atoms with E-state index >= 15 is 0 Å². The smallest absolute Gasteiger partial charge is 0.311 e. The molecule has 2 N–H and O–H groups in total. The molecule has 0 aromatic carbocycles. The van der Waals surface area contributed by atoms with Crippen LogP contribution < -0.4 is 5.32 Å². The van der Waals surface area contributed by atoms with Crippen LogP contribution in [0, 0.1) is 19.3 Å². The number of aliphatic carboxylic acids is 1. The number of hydrogen-bond donors (Lipinski definition) is 2. The summed E-state index contributed by atoms with van der Waals surface area (Å²) in [6.45, 7) is 10.6. The fourth-order valence-electron chi connectivity index (χ4n) is 2.74. The Labute approximate surface area is 126 Å². The van der Waals surface area contributed by atoms with Crippen LogP contribution in [0.5, 0.6) is 0 Å². The highest BCUT2D eigenvalue weighted by Gasteiger charge is 2.35. The van der Waals surface area contributed by atoms with Gasteiger partial charge in [-0.15, -0.1) is 0 Å². The summed E-state index contributed by atoms with van der Waals surface area (Å²) in [4.78, 5) is 23.8. The van der Waals surface area contributed by atoms with Gasteiger partial charge in [-0.3, -0.25) is 9.59 Å². The van der Waals surface area contributed by atoms with Crippen LogP contribution in [0.4, 0.5) is 0 Å². The Balaban J connectivity index is 2.90. The summed E-state index contributed by atoms with van der Waals surface area (Å²) in [6.07, 6.45) is 0.986. The number of carbonyl (C=O) groups is 2. The molecule has 1 aromatic heterocycles. The van der Waals surface area contributed by atoms with Crippen molar-refractivity contribution in [1.29, 1.82) is 0 Å². The second-order valence-corrected chi connectivity index (χ2v) is 5.50. The second-order valence-electron chi connectivity index (χ2n) is 5.50. The number of hydrogen-bond acceptors (Lipinski definition) is 2. The molecule has 118 valence electrons. The molecule has 5 nitrogen and oxygen atoms in total. The average molecular weight is 294 g/mol. The number of aryl methyl sites for hydroxylation is 1. The molecular weight excluding hydrogens is 268 g/mol. The number of carboxylic acids is 1. The van der Waals surface area contributed by atoms with Crippen molar-refractivity contribution in [3.8, 4) is 0 Å². The topological polar surface area (TPSA) is 71.3 Å². The Morgan fingerprint density at radius 1 is 1.24 bits per heavy atom. The van der Waals surface area contributed by atoms with Gasteiger partial charge in [-0.2, -0.15) is 0 Å². The molecule has 0 saturated carbocycles. The van der Waals surface area contributed by atoms with Crippen molar-refractivity contribution in [2.75, 3.05) is 6.54 Å². The summed E-state index contributed by atoms with van der Waals surface area (Å²) in [5, 5.41) is 12.2. The van der Waals surface area contributed by atoms with E-state index in [0.29, 0.717) is 18.4 Å². The summed E-state index contributed by atoms with van der Waals surface area (Å²) in [6, 6.07) is 1.86. The van der Waals surface area contributed by atoms with Crippen LogP contribution in [0.15, 0.2) is 6.07 Å². The van der Waals surface area contributed by atoms with E-state index in [1.807, 2.05) is 40.7 Å². The largest absolute Gasteiger partial charge is 0.481 e. The van der Waals surface area contributed by atoms with Crippen molar-refractivity contribution in [1.82, 2.24) is 9.88 Å². The lowest BCUT2D eigenvalue weighted by Gasteiger charge is -2.26. The van der Waals surface area contributed by atoms with E-state index in [-0.39, 0.29) is 12.5 Å². The molecule has 1 amide bonds. The molecule has 0 aliphatic rings. The highest BCUT2D eigenvalue weighted by atomic mass is 16.4. The molecule has 0 unspecified atom stereocenters. The molecule has 0 bridgehead atoms. The van der Waals surface area contributed by atoms with Crippen molar-refractivity contribution >= 4 is 11.9 Å². The molecule has 1 rings (SSSR count). The lowest BCUT2D eigenvalue weighted by molar-refractivity contribution is -0.149. The normalized spacial score (nSPS) is 11.5. The number of carbonyl (C=O) groups excluding carboxylic acids is 1. The number of nitrogens with one attached hydrogen (secondary N) is 1. The Morgan fingerprint density at radius 3 is 2.19 bits per heavy atom. The van der Waals surface area contributed by atoms with Crippen LogP contribution >= 0.6 is 0 Å². The minimum absolute atomic E-state index is 0.157. The van der Waals surface area contributed by atoms with E-state index in [9.17, 15) is 14.7 Å². The third kappa shape index (κ3) is 3.28. The number of amides is 1. The summed E-state index contributed by atoms with van der Waals surface area (Å²) >= 11 is 0. The summed E-state index contributed by atoms with van der Waals surface area (Å²) < 4.78 is 2.07. The van der Waals surface area contributed by atoms with E-state index in [1.54, 1.807) is 0 Å². The van der Waals surface area contributed by atoms with Gasteiger partial charge >= 0.3 is 5.97 Å². The van der Waals surface area contributed by atoms with Gasteiger partial charge in [0.2, 0.25) is 0 Å². The van der Waals surface area contributed by atoms with Crippen LogP contribution in [0.3, 0.4) is 0 Å². The number of rotatable bonds is 7. The van der Waals surface area contributed by atoms with Gasteiger partial charge in [0.25, 0.3) is 5.91 Å². The predicted molar refractivity (Wildman–Crippen MR) is 82.6 cm³/mol. The minimum atomic E-state index is -0.883. The summed E-state index contributed by atoms with van der Waals surface area (Å²) in [5.74, 6) is -1.05. The van der Waals surface area contributed by atoms with Gasteiger partial charge in [0.05, 0.1) is 11.0 Å². The fourth-order valence-corrected chi connectivity index (χ4v) is 2.74. The molecule has 0 spiro atoms. The van der Waals surface area contributed by atoms with Crippen molar-refractivity contribution in [2.24, 2.45) is 5.41 Å². The SMILES string of the molecule is CCn1c(C)cc(C(=O)NCC(CC)(CC)C(=O)O)c1C. The summed E-state index contributed by atoms with van der Waals surface area (Å²) in [7, 11) is 0. The number of carboxylic acid groups (broad SMARTS) is 1. The van der Waals surface area contributed by atoms with Gasteiger partial charge in [0.1, 0.15) is 0 Å². The Bertz CT molecular complexity index is 528. The van der Waals surface area contributed by atoms with Crippen LogP contribution in [-0.4, -0.2) is 28.1 Å². The molecular formula is C16H26N2O3. The molecule has 0 atom stereocenters. The van der Waals surface area contributed by atoms with Crippen molar-refractivity contribution in [3.05, 3.63) is 23.0 Å². The van der Waals surface area contributed by atoms with E-state index in [1.165, 1.54) is 0 Å². The highest BCUT2D eigenvalue weighted by molar-refractivity contribution is 5.96. The Kier molecular flexibility index (Phi) is 5.58. The first-order valence-corrected chi connectivity index (χ1v) is 7.51. The van der Waals surface area contributed by atoms with E-state index < -0.39 is 11.4 Å². The van der Waals surface area contributed by atoms with Crippen molar-refractivity contribution in [3.63, 3.8) is 0 Å². The quantitative estimate of drug-likeness (QED) is 0.812. The number of nitrogens with zero attached hydrogens (tertiary/aromatic N) is 1. The van der Waals surface area contributed by atoms with Gasteiger partial charge < -0.3 is 15.0 Å². The second kappa shape index (κ2) is 6.78.